The zero-order valence-corrected chi connectivity index (χ0v) is 16.3. The molecule has 4 nitrogen and oxygen atoms in total. The summed E-state index contributed by atoms with van der Waals surface area (Å²) in [5.74, 6) is 0.134. The highest BCUT2D eigenvalue weighted by atomic mass is 32.1. The van der Waals surface area contributed by atoms with E-state index in [-0.39, 0.29) is 11.9 Å². The van der Waals surface area contributed by atoms with Crippen molar-refractivity contribution in [1.82, 2.24) is 4.90 Å². The van der Waals surface area contributed by atoms with Crippen LogP contribution in [0, 0.1) is 6.92 Å². The highest BCUT2D eigenvalue weighted by molar-refractivity contribution is 7.16. The number of rotatable bonds is 5. The first-order valence-electron chi connectivity index (χ1n) is 9.46. The van der Waals surface area contributed by atoms with Gasteiger partial charge < -0.3 is 9.73 Å². The normalized spacial score (nSPS) is 16.2. The first-order valence-corrected chi connectivity index (χ1v) is 10.3. The monoisotopic (exact) mass is 380 g/mol. The number of anilines is 1. The van der Waals surface area contributed by atoms with E-state index in [4.69, 9.17) is 4.42 Å². The van der Waals surface area contributed by atoms with E-state index >= 15 is 0 Å². The predicted molar refractivity (Wildman–Crippen MR) is 109 cm³/mol. The molecular formula is C22H24N2O2S. The maximum Gasteiger partial charge on any atom is 0.291 e. The largest absolute Gasteiger partial charge is 0.459 e. The number of hydrogen-bond donors (Lipinski definition) is 1. The molecule has 0 unspecified atom stereocenters. The van der Waals surface area contributed by atoms with Crippen molar-refractivity contribution in [2.24, 2.45) is 0 Å². The zero-order valence-electron chi connectivity index (χ0n) is 15.5. The number of hydrogen-bond acceptors (Lipinski definition) is 4. The molecule has 1 aliphatic heterocycles. The van der Waals surface area contributed by atoms with E-state index < -0.39 is 0 Å². The van der Waals surface area contributed by atoms with Gasteiger partial charge in [0, 0.05) is 10.4 Å². The van der Waals surface area contributed by atoms with Gasteiger partial charge in [-0.3, -0.25) is 9.69 Å². The van der Waals surface area contributed by atoms with Crippen LogP contribution in [0.5, 0.6) is 0 Å². The van der Waals surface area contributed by atoms with E-state index in [9.17, 15) is 4.79 Å². The van der Waals surface area contributed by atoms with Crippen LogP contribution in [0.2, 0.25) is 0 Å². The molecule has 1 N–H and O–H groups in total. The van der Waals surface area contributed by atoms with Gasteiger partial charge in [-0.05, 0) is 56.6 Å². The molecule has 5 heteroatoms. The van der Waals surface area contributed by atoms with Crippen LogP contribution in [0.1, 0.15) is 51.9 Å². The number of nitrogens with zero attached hydrogens (tertiary/aromatic N) is 1. The van der Waals surface area contributed by atoms with Crippen molar-refractivity contribution in [2.45, 2.75) is 32.2 Å². The number of carbonyl (C=O) groups is 1. The van der Waals surface area contributed by atoms with E-state index in [1.54, 1.807) is 23.5 Å². The number of benzene rings is 1. The molecule has 27 heavy (non-hydrogen) atoms. The maximum atomic E-state index is 12.6. The number of aryl methyl sites for hydroxylation is 1. The quantitative estimate of drug-likeness (QED) is 0.638. The Morgan fingerprint density at radius 3 is 2.59 bits per heavy atom. The molecular weight excluding hydrogens is 356 g/mol. The van der Waals surface area contributed by atoms with E-state index in [1.807, 2.05) is 0 Å². The number of carbonyl (C=O) groups excluding carboxylic acids is 1. The molecule has 1 saturated heterocycles. The van der Waals surface area contributed by atoms with Gasteiger partial charge in [0.05, 0.1) is 12.3 Å². The van der Waals surface area contributed by atoms with Gasteiger partial charge in [0.2, 0.25) is 0 Å². The predicted octanol–water partition coefficient (Wildman–Crippen LogP) is 5.48. The third-order valence-electron chi connectivity index (χ3n) is 5.02. The molecule has 0 radical (unpaired) electrons. The standard InChI is InChI=1S/C22H24N2O2S/c1-16-15-18(22(27-16)23-21(25)19-11-8-14-26-19)20(17-9-4-2-5-10-17)24-12-6-3-7-13-24/h2,4-5,8-11,14-15,20H,3,6-7,12-13H2,1H3,(H,23,25)/t20-/m0/s1. The van der Waals surface area contributed by atoms with Gasteiger partial charge in [0.1, 0.15) is 5.00 Å². The molecule has 1 aromatic carbocycles. The Kier molecular flexibility index (Phi) is 5.41. The first-order chi connectivity index (χ1) is 13.2. The molecule has 1 aliphatic rings. The van der Waals surface area contributed by atoms with Crippen LogP contribution in [0.4, 0.5) is 5.00 Å². The molecule has 140 valence electrons. The Hall–Kier alpha value is -2.37. The number of likely N-dealkylation sites (tertiary alicyclic amines) is 1. The number of thiophene rings is 1. The summed E-state index contributed by atoms with van der Waals surface area (Å²) in [6.07, 6.45) is 5.26. The van der Waals surface area contributed by atoms with Crippen LogP contribution >= 0.6 is 11.3 Å². The Bertz CT molecular complexity index is 880. The minimum atomic E-state index is -0.200. The maximum absolute atomic E-state index is 12.6. The summed E-state index contributed by atoms with van der Waals surface area (Å²) in [7, 11) is 0. The fraction of sp³-hybridized carbons (Fsp3) is 0.318. The average molecular weight is 381 g/mol. The van der Waals surface area contributed by atoms with Crippen molar-refractivity contribution < 1.29 is 9.21 Å². The van der Waals surface area contributed by atoms with Gasteiger partial charge in [0.25, 0.3) is 5.91 Å². The Morgan fingerprint density at radius 1 is 1.11 bits per heavy atom. The molecule has 0 saturated carbocycles. The second kappa shape index (κ2) is 8.11. The Morgan fingerprint density at radius 2 is 1.89 bits per heavy atom. The van der Waals surface area contributed by atoms with E-state index in [0.29, 0.717) is 5.76 Å². The van der Waals surface area contributed by atoms with Gasteiger partial charge in [0.15, 0.2) is 5.76 Å². The summed E-state index contributed by atoms with van der Waals surface area (Å²) in [5, 5.41) is 3.99. The van der Waals surface area contributed by atoms with Crippen molar-refractivity contribution in [3.05, 3.63) is 76.6 Å². The fourth-order valence-corrected chi connectivity index (χ4v) is 4.75. The van der Waals surface area contributed by atoms with Crippen LogP contribution in [0.3, 0.4) is 0 Å². The molecule has 4 rings (SSSR count). The highest BCUT2D eigenvalue weighted by Gasteiger charge is 2.28. The van der Waals surface area contributed by atoms with Crippen LogP contribution in [0.15, 0.2) is 59.2 Å². The average Bonchev–Trinajstić information content (AvgIpc) is 3.34. The van der Waals surface area contributed by atoms with Crippen LogP contribution in [0.25, 0.3) is 0 Å². The second-order valence-corrected chi connectivity index (χ2v) is 8.24. The summed E-state index contributed by atoms with van der Waals surface area (Å²) >= 11 is 1.63. The summed E-state index contributed by atoms with van der Waals surface area (Å²) in [4.78, 5) is 16.3. The van der Waals surface area contributed by atoms with E-state index in [0.717, 1.165) is 18.1 Å². The third-order valence-corrected chi connectivity index (χ3v) is 6.00. The van der Waals surface area contributed by atoms with E-state index in [1.165, 1.54) is 41.5 Å². The summed E-state index contributed by atoms with van der Waals surface area (Å²) in [6.45, 7) is 4.26. The molecule has 1 atom stereocenters. The summed E-state index contributed by atoms with van der Waals surface area (Å²) in [6, 6.07) is 16.4. The summed E-state index contributed by atoms with van der Waals surface area (Å²) < 4.78 is 5.26. The van der Waals surface area contributed by atoms with Crippen molar-refractivity contribution in [3.63, 3.8) is 0 Å². The molecule has 1 amide bonds. The van der Waals surface area contributed by atoms with Gasteiger partial charge in [-0.15, -0.1) is 11.3 Å². The van der Waals surface area contributed by atoms with E-state index in [2.05, 4.69) is 53.5 Å². The lowest BCUT2D eigenvalue weighted by Gasteiger charge is -2.35. The van der Waals surface area contributed by atoms with Crippen LogP contribution in [-0.2, 0) is 0 Å². The molecule has 0 spiro atoms. The molecule has 0 bridgehead atoms. The Balaban J connectivity index is 1.70. The molecule has 1 fully saturated rings. The SMILES string of the molecule is Cc1cc([C@H](c2ccccc2)N2CCCCC2)c(NC(=O)c2ccco2)s1. The van der Waals surface area contributed by atoms with Crippen molar-refractivity contribution in [2.75, 3.05) is 18.4 Å². The van der Waals surface area contributed by atoms with Gasteiger partial charge in [-0.25, -0.2) is 0 Å². The van der Waals surface area contributed by atoms with Gasteiger partial charge >= 0.3 is 0 Å². The first kappa shape index (κ1) is 18.0. The molecule has 3 aromatic rings. The van der Waals surface area contributed by atoms with Crippen molar-refractivity contribution in [1.29, 1.82) is 0 Å². The topological polar surface area (TPSA) is 45.5 Å². The molecule has 2 aromatic heterocycles. The van der Waals surface area contributed by atoms with Crippen molar-refractivity contribution >= 4 is 22.2 Å². The lowest BCUT2D eigenvalue weighted by atomic mass is 9.96. The van der Waals surface area contributed by atoms with Gasteiger partial charge in [-0.1, -0.05) is 36.8 Å². The molecule has 3 heterocycles. The summed E-state index contributed by atoms with van der Waals surface area (Å²) in [5.41, 5.74) is 2.44. The van der Waals surface area contributed by atoms with Crippen LogP contribution in [-0.4, -0.2) is 23.9 Å². The smallest absolute Gasteiger partial charge is 0.291 e. The molecule has 0 aliphatic carbocycles. The minimum absolute atomic E-state index is 0.156. The lowest BCUT2D eigenvalue weighted by molar-refractivity contribution is 0.0996. The number of amides is 1. The van der Waals surface area contributed by atoms with Gasteiger partial charge in [-0.2, -0.15) is 0 Å². The van der Waals surface area contributed by atoms with Crippen LogP contribution < -0.4 is 5.32 Å². The Labute approximate surface area is 163 Å². The number of piperidine rings is 1. The minimum Gasteiger partial charge on any atom is -0.459 e. The number of nitrogens with one attached hydrogen (secondary N) is 1. The van der Waals surface area contributed by atoms with Crippen molar-refractivity contribution in [3.8, 4) is 0 Å². The third kappa shape index (κ3) is 3.99. The second-order valence-electron chi connectivity index (χ2n) is 6.98. The highest BCUT2D eigenvalue weighted by Crippen LogP contribution is 2.40. The zero-order chi connectivity index (χ0) is 18.6. The number of furan rings is 1. The lowest BCUT2D eigenvalue weighted by Crippen LogP contribution is -2.34. The fourth-order valence-electron chi connectivity index (χ4n) is 3.81.